The molecular formula is C21H31N3O3. The standard InChI is InChI=1S/C21H31N3O3/c1-15-13-24(14-16(2)27-15)21(26)19-6-4-18(5-7-19)12-22-20-8-10-23(11-9-20)17(3)25/h4-7,15-16,20,22H,8-14H2,1-3H3/t15-,16+. The maximum absolute atomic E-state index is 12.7. The normalized spacial score (nSPS) is 24.1. The van der Waals surface area contributed by atoms with Crippen molar-refractivity contribution in [3.8, 4) is 0 Å². The Kier molecular flexibility index (Phi) is 6.50. The van der Waals surface area contributed by atoms with Gasteiger partial charge in [-0.15, -0.1) is 0 Å². The Balaban J connectivity index is 1.49. The number of likely N-dealkylation sites (tertiary alicyclic amines) is 1. The molecule has 3 rings (SSSR count). The van der Waals surface area contributed by atoms with Crippen molar-refractivity contribution >= 4 is 11.8 Å². The number of piperidine rings is 1. The third kappa shape index (κ3) is 5.30. The molecule has 2 saturated heterocycles. The molecule has 6 nitrogen and oxygen atoms in total. The molecule has 2 heterocycles. The minimum Gasteiger partial charge on any atom is -0.372 e. The van der Waals surface area contributed by atoms with E-state index in [-0.39, 0.29) is 24.0 Å². The summed E-state index contributed by atoms with van der Waals surface area (Å²) in [5, 5.41) is 3.57. The van der Waals surface area contributed by atoms with Gasteiger partial charge in [-0.1, -0.05) is 12.1 Å². The van der Waals surface area contributed by atoms with Gasteiger partial charge in [0, 0.05) is 51.3 Å². The summed E-state index contributed by atoms with van der Waals surface area (Å²) in [6.45, 7) is 9.38. The minimum absolute atomic E-state index is 0.0770. The highest BCUT2D eigenvalue weighted by molar-refractivity contribution is 5.94. The van der Waals surface area contributed by atoms with Crippen LogP contribution in [0.3, 0.4) is 0 Å². The van der Waals surface area contributed by atoms with Crippen molar-refractivity contribution in [2.75, 3.05) is 26.2 Å². The van der Waals surface area contributed by atoms with Crippen LogP contribution < -0.4 is 5.32 Å². The molecular weight excluding hydrogens is 342 g/mol. The zero-order valence-electron chi connectivity index (χ0n) is 16.6. The highest BCUT2D eigenvalue weighted by Gasteiger charge is 2.26. The second-order valence-corrected chi connectivity index (χ2v) is 7.83. The lowest BCUT2D eigenvalue weighted by Gasteiger charge is -2.35. The van der Waals surface area contributed by atoms with Gasteiger partial charge >= 0.3 is 0 Å². The van der Waals surface area contributed by atoms with Crippen LogP contribution >= 0.6 is 0 Å². The van der Waals surface area contributed by atoms with Gasteiger partial charge in [0.05, 0.1) is 12.2 Å². The summed E-state index contributed by atoms with van der Waals surface area (Å²) < 4.78 is 5.71. The molecule has 0 bridgehead atoms. The molecule has 2 aliphatic rings. The van der Waals surface area contributed by atoms with Crippen molar-refractivity contribution in [2.45, 2.75) is 58.4 Å². The van der Waals surface area contributed by atoms with Crippen LogP contribution in [0.1, 0.15) is 49.5 Å². The molecule has 148 valence electrons. The zero-order valence-corrected chi connectivity index (χ0v) is 16.6. The number of benzene rings is 1. The van der Waals surface area contributed by atoms with E-state index in [0.29, 0.717) is 19.1 Å². The van der Waals surface area contributed by atoms with Gasteiger partial charge in [0.2, 0.25) is 5.91 Å². The Labute approximate surface area is 161 Å². The molecule has 0 unspecified atom stereocenters. The van der Waals surface area contributed by atoms with Crippen LogP contribution in [-0.2, 0) is 16.1 Å². The van der Waals surface area contributed by atoms with Crippen molar-refractivity contribution in [1.82, 2.24) is 15.1 Å². The van der Waals surface area contributed by atoms with Crippen LogP contribution in [0.4, 0.5) is 0 Å². The Hall–Kier alpha value is -1.92. The predicted molar refractivity (Wildman–Crippen MR) is 104 cm³/mol. The van der Waals surface area contributed by atoms with Crippen molar-refractivity contribution in [1.29, 1.82) is 0 Å². The Morgan fingerprint density at radius 1 is 1.04 bits per heavy atom. The summed E-state index contributed by atoms with van der Waals surface area (Å²) >= 11 is 0. The number of ether oxygens (including phenoxy) is 1. The maximum Gasteiger partial charge on any atom is 0.254 e. The molecule has 1 N–H and O–H groups in total. The quantitative estimate of drug-likeness (QED) is 0.877. The monoisotopic (exact) mass is 373 g/mol. The van der Waals surface area contributed by atoms with E-state index in [1.54, 1.807) is 6.92 Å². The molecule has 0 aromatic heterocycles. The van der Waals surface area contributed by atoms with E-state index in [2.05, 4.69) is 5.32 Å². The lowest BCUT2D eigenvalue weighted by atomic mass is 10.0. The van der Waals surface area contributed by atoms with Gasteiger partial charge in [-0.05, 0) is 44.4 Å². The van der Waals surface area contributed by atoms with Crippen molar-refractivity contribution in [2.24, 2.45) is 0 Å². The second-order valence-electron chi connectivity index (χ2n) is 7.83. The fraction of sp³-hybridized carbons (Fsp3) is 0.619. The summed E-state index contributed by atoms with van der Waals surface area (Å²) in [5.41, 5.74) is 1.90. The number of nitrogens with zero attached hydrogens (tertiary/aromatic N) is 2. The van der Waals surface area contributed by atoms with Crippen LogP contribution in [0.15, 0.2) is 24.3 Å². The molecule has 0 radical (unpaired) electrons. The number of amides is 2. The van der Waals surface area contributed by atoms with Crippen molar-refractivity contribution in [3.63, 3.8) is 0 Å². The topological polar surface area (TPSA) is 61.9 Å². The van der Waals surface area contributed by atoms with Crippen LogP contribution in [-0.4, -0.2) is 66.0 Å². The number of hydrogen-bond donors (Lipinski definition) is 1. The van der Waals surface area contributed by atoms with Crippen molar-refractivity contribution in [3.05, 3.63) is 35.4 Å². The highest BCUT2D eigenvalue weighted by Crippen LogP contribution is 2.16. The number of nitrogens with one attached hydrogen (secondary N) is 1. The van der Waals surface area contributed by atoms with E-state index in [4.69, 9.17) is 4.74 Å². The molecule has 2 atom stereocenters. The minimum atomic E-state index is 0.0770. The summed E-state index contributed by atoms with van der Waals surface area (Å²) in [6, 6.07) is 8.33. The van der Waals surface area contributed by atoms with Gasteiger partial charge in [0.25, 0.3) is 5.91 Å². The average Bonchev–Trinajstić information content (AvgIpc) is 2.66. The SMILES string of the molecule is CC(=O)N1CCC(NCc2ccc(C(=O)N3C[C@@H](C)O[C@@H](C)C3)cc2)CC1. The number of rotatable bonds is 4. The molecule has 1 aromatic carbocycles. The van der Waals surface area contributed by atoms with Gasteiger partial charge in [0.1, 0.15) is 0 Å². The first kappa shape index (κ1) is 19.8. The lowest BCUT2D eigenvalue weighted by molar-refractivity contribution is -0.129. The molecule has 2 amide bonds. The maximum atomic E-state index is 12.7. The molecule has 27 heavy (non-hydrogen) atoms. The van der Waals surface area contributed by atoms with Gasteiger partial charge < -0.3 is 19.9 Å². The molecule has 2 fully saturated rings. The summed E-state index contributed by atoms with van der Waals surface area (Å²) in [7, 11) is 0. The van der Waals surface area contributed by atoms with E-state index in [9.17, 15) is 9.59 Å². The summed E-state index contributed by atoms with van der Waals surface area (Å²) in [4.78, 5) is 27.9. The molecule has 2 aliphatic heterocycles. The van der Waals surface area contributed by atoms with Gasteiger partial charge in [0.15, 0.2) is 0 Å². The third-order valence-corrected chi connectivity index (χ3v) is 5.44. The van der Waals surface area contributed by atoms with Crippen LogP contribution in [0, 0.1) is 0 Å². The van der Waals surface area contributed by atoms with Gasteiger partial charge in [-0.2, -0.15) is 0 Å². The number of carbonyl (C=O) groups is 2. The Bertz CT molecular complexity index is 643. The van der Waals surface area contributed by atoms with E-state index < -0.39 is 0 Å². The van der Waals surface area contributed by atoms with E-state index in [1.165, 1.54) is 5.56 Å². The molecule has 6 heteroatoms. The van der Waals surface area contributed by atoms with Gasteiger partial charge in [-0.25, -0.2) is 0 Å². The van der Waals surface area contributed by atoms with E-state index >= 15 is 0 Å². The first-order valence-electron chi connectivity index (χ1n) is 9.95. The first-order valence-corrected chi connectivity index (χ1v) is 9.95. The molecule has 1 aromatic rings. The predicted octanol–water partition coefficient (Wildman–Crippen LogP) is 2.04. The zero-order chi connectivity index (χ0) is 19.4. The third-order valence-electron chi connectivity index (χ3n) is 5.44. The smallest absolute Gasteiger partial charge is 0.254 e. The molecule has 0 saturated carbocycles. The largest absolute Gasteiger partial charge is 0.372 e. The van der Waals surface area contributed by atoms with Crippen molar-refractivity contribution < 1.29 is 14.3 Å². The van der Waals surface area contributed by atoms with Crippen LogP contribution in [0.5, 0.6) is 0 Å². The lowest BCUT2D eigenvalue weighted by Crippen LogP contribution is -2.48. The molecule has 0 aliphatic carbocycles. The number of hydrogen-bond acceptors (Lipinski definition) is 4. The van der Waals surface area contributed by atoms with E-state index in [0.717, 1.165) is 38.0 Å². The van der Waals surface area contributed by atoms with Gasteiger partial charge in [-0.3, -0.25) is 9.59 Å². The number of carbonyl (C=O) groups excluding carboxylic acids is 2. The Morgan fingerprint density at radius 2 is 1.63 bits per heavy atom. The fourth-order valence-electron chi connectivity index (χ4n) is 3.95. The van der Waals surface area contributed by atoms with Crippen LogP contribution in [0.2, 0.25) is 0 Å². The summed E-state index contributed by atoms with van der Waals surface area (Å²) in [5.74, 6) is 0.242. The number of morpholine rings is 1. The fourth-order valence-corrected chi connectivity index (χ4v) is 3.95. The average molecular weight is 373 g/mol. The second kappa shape index (κ2) is 8.85. The Morgan fingerprint density at radius 3 is 2.19 bits per heavy atom. The summed E-state index contributed by atoms with van der Waals surface area (Å²) in [6.07, 6.45) is 2.14. The first-order chi connectivity index (χ1) is 12.9. The van der Waals surface area contributed by atoms with Crippen LogP contribution in [0.25, 0.3) is 0 Å². The van der Waals surface area contributed by atoms with E-state index in [1.807, 2.05) is 47.9 Å². The molecule has 0 spiro atoms. The highest BCUT2D eigenvalue weighted by atomic mass is 16.5.